The molecule has 0 saturated heterocycles. The standard InChI is InChI=1S/C20H20N4O4S/c1-21-29(27,28)16-4-2-3-14(9-16)15-10-17-18(12-23-19(17)22-11-15)13-5-7-24(8-6-13)20(25)26/h2-5,9-12,21H,6-8H2,1H3,(H,22,23)(H,25,26). The maximum Gasteiger partial charge on any atom is 0.407 e. The van der Waals surface area contributed by atoms with Crippen LogP contribution in [0.1, 0.15) is 12.0 Å². The van der Waals surface area contributed by atoms with E-state index in [0.29, 0.717) is 19.5 Å². The molecule has 0 aliphatic carbocycles. The van der Waals surface area contributed by atoms with Gasteiger partial charge in [-0.05, 0) is 42.8 Å². The van der Waals surface area contributed by atoms with Crippen molar-refractivity contribution in [3.05, 3.63) is 54.4 Å². The summed E-state index contributed by atoms with van der Waals surface area (Å²) in [4.78, 5) is 20.3. The zero-order valence-corrected chi connectivity index (χ0v) is 16.5. The van der Waals surface area contributed by atoms with E-state index in [9.17, 15) is 13.2 Å². The van der Waals surface area contributed by atoms with Crippen molar-refractivity contribution < 1.29 is 18.3 Å². The first-order valence-corrected chi connectivity index (χ1v) is 10.6. The molecule has 0 radical (unpaired) electrons. The molecule has 3 N–H and O–H groups in total. The molecule has 0 saturated carbocycles. The summed E-state index contributed by atoms with van der Waals surface area (Å²) in [5, 5.41) is 10.0. The Kier molecular flexibility index (Phi) is 4.85. The number of sulfonamides is 1. The molecule has 150 valence electrons. The minimum atomic E-state index is -3.54. The summed E-state index contributed by atoms with van der Waals surface area (Å²) in [5.41, 5.74) is 4.33. The number of hydrogen-bond acceptors (Lipinski definition) is 4. The summed E-state index contributed by atoms with van der Waals surface area (Å²) in [6, 6.07) is 8.68. The van der Waals surface area contributed by atoms with E-state index in [0.717, 1.165) is 33.3 Å². The molecule has 3 aromatic rings. The van der Waals surface area contributed by atoms with E-state index in [1.54, 1.807) is 24.4 Å². The number of rotatable bonds is 4. The van der Waals surface area contributed by atoms with Gasteiger partial charge in [-0.2, -0.15) is 0 Å². The van der Waals surface area contributed by atoms with Crippen molar-refractivity contribution in [3.8, 4) is 11.1 Å². The average molecular weight is 412 g/mol. The first-order chi connectivity index (χ1) is 13.9. The van der Waals surface area contributed by atoms with Gasteiger partial charge in [0.1, 0.15) is 5.65 Å². The van der Waals surface area contributed by atoms with E-state index >= 15 is 0 Å². The van der Waals surface area contributed by atoms with Crippen LogP contribution < -0.4 is 4.72 Å². The van der Waals surface area contributed by atoms with Gasteiger partial charge in [0.25, 0.3) is 0 Å². The highest BCUT2D eigenvalue weighted by Crippen LogP contribution is 2.31. The number of amides is 1. The molecule has 0 bridgehead atoms. The maximum atomic E-state index is 12.1. The number of aromatic nitrogens is 2. The molecule has 0 atom stereocenters. The second-order valence-electron chi connectivity index (χ2n) is 6.77. The van der Waals surface area contributed by atoms with Crippen LogP contribution in [0.25, 0.3) is 27.7 Å². The zero-order valence-electron chi connectivity index (χ0n) is 15.7. The maximum absolute atomic E-state index is 12.1. The highest BCUT2D eigenvalue weighted by atomic mass is 32.2. The lowest BCUT2D eigenvalue weighted by atomic mass is 9.98. The van der Waals surface area contributed by atoms with Crippen molar-refractivity contribution >= 4 is 32.7 Å². The van der Waals surface area contributed by atoms with E-state index in [-0.39, 0.29) is 4.90 Å². The smallest absolute Gasteiger partial charge is 0.407 e. The molecule has 29 heavy (non-hydrogen) atoms. The number of hydrogen-bond donors (Lipinski definition) is 3. The fourth-order valence-corrected chi connectivity index (χ4v) is 4.25. The van der Waals surface area contributed by atoms with E-state index in [1.165, 1.54) is 11.9 Å². The van der Waals surface area contributed by atoms with Crippen molar-refractivity contribution in [2.75, 3.05) is 20.1 Å². The van der Waals surface area contributed by atoms with Crippen molar-refractivity contribution in [3.63, 3.8) is 0 Å². The molecule has 3 heterocycles. The number of aromatic amines is 1. The average Bonchev–Trinajstić information content (AvgIpc) is 3.17. The molecule has 8 nitrogen and oxygen atoms in total. The summed E-state index contributed by atoms with van der Waals surface area (Å²) < 4.78 is 26.5. The van der Waals surface area contributed by atoms with Crippen LogP contribution in [-0.4, -0.2) is 54.6 Å². The van der Waals surface area contributed by atoms with Crippen molar-refractivity contribution in [1.29, 1.82) is 0 Å². The number of carbonyl (C=O) groups is 1. The second kappa shape index (κ2) is 7.34. The van der Waals surface area contributed by atoms with Gasteiger partial charge in [-0.15, -0.1) is 0 Å². The Labute approximate surface area is 167 Å². The lowest BCUT2D eigenvalue weighted by molar-refractivity contribution is 0.150. The molecule has 1 amide bonds. The van der Waals surface area contributed by atoms with Crippen LogP contribution in [0.15, 0.2) is 53.7 Å². The Balaban J connectivity index is 1.74. The molecule has 1 aliphatic rings. The number of pyridine rings is 1. The number of nitrogens with zero attached hydrogens (tertiary/aromatic N) is 2. The summed E-state index contributed by atoms with van der Waals surface area (Å²) >= 11 is 0. The summed E-state index contributed by atoms with van der Waals surface area (Å²) in [6.07, 6.45) is 5.22. The highest BCUT2D eigenvalue weighted by Gasteiger charge is 2.19. The van der Waals surface area contributed by atoms with Gasteiger partial charge < -0.3 is 15.0 Å². The summed E-state index contributed by atoms with van der Waals surface area (Å²) in [5.74, 6) is 0. The third-order valence-electron chi connectivity index (χ3n) is 5.10. The predicted molar refractivity (Wildman–Crippen MR) is 110 cm³/mol. The molecule has 0 spiro atoms. The molecule has 2 aromatic heterocycles. The molecular formula is C20H20N4O4S. The number of carboxylic acid groups (broad SMARTS) is 1. The SMILES string of the molecule is CNS(=O)(=O)c1cccc(-c2cnc3[nH]cc(C4=CCN(C(=O)O)CC4)c3c2)c1. The first-order valence-electron chi connectivity index (χ1n) is 9.07. The van der Waals surface area contributed by atoms with Gasteiger partial charge in [0.2, 0.25) is 10.0 Å². The molecule has 0 unspecified atom stereocenters. The van der Waals surface area contributed by atoms with Gasteiger partial charge in [-0.1, -0.05) is 18.2 Å². The van der Waals surface area contributed by atoms with Gasteiger partial charge in [0.15, 0.2) is 0 Å². The number of nitrogens with one attached hydrogen (secondary N) is 2. The fourth-order valence-electron chi connectivity index (χ4n) is 3.48. The highest BCUT2D eigenvalue weighted by molar-refractivity contribution is 7.89. The lowest BCUT2D eigenvalue weighted by Crippen LogP contribution is -2.33. The van der Waals surface area contributed by atoms with Crippen LogP contribution in [0.2, 0.25) is 0 Å². The van der Waals surface area contributed by atoms with E-state index in [4.69, 9.17) is 5.11 Å². The Bertz CT molecular complexity index is 1230. The van der Waals surface area contributed by atoms with Gasteiger partial charge >= 0.3 is 6.09 Å². The lowest BCUT2D eigenvalue weighted by Gasteiger charge is -2.23. The normalized spacial score (nSPS) is 14.8. The van der Waals surface area contributed by atoms with E-state index < -0.39 is 16.1 Å². The van der Waals surface area contributed by atoms with Crippen LogP contribution in [0.4, 0.5) is 4.79 Å². The minimum absolute atomic E-state index is 0.190. The quantitative estimate of drug-likeness (QED) is 0.609. The van der Waals surface area contributed by atoms with Crippen molar-refractivity contribution in [1.82, 2.24) is 19.6 Å². The molecule has 4 rings (SSSR count). The van der Waals surface area contributed by atoms with Crippen LogP contribution >= 0.6 is 0 Å². The monoisotopic (exact) mass is 412 g/mol. The van der Waals surface area contributed by atoms with Gasteiger partial charge in [-0.3, -0.25) is 0 Å². The number of H-pyrrole nitrogens is 1. The van der Waals surface area contributed by atoms with Crippen LogP contribution in [0.3, 0.4) is 0 Å². The topological polar surface area (TPSA) is 115 Å². The largest absolute Gasteiger partial charge is 0.465 e. The predicted octanol–water partition coefficient (Wildman–Crippen LogP) is 2.91. The molecule has 1 aliphatic heterocycles. The molecule has 9 heteroatoms. The number of benzene rings is 1. The van der Waals surface area contributed by atoms with Gasteiger partial charge in [-0.25, -0.2) is 22.9 Å². The Hall–Kier alpha value is -3.17. The summed E-state index contributed by atoms with van der Waals surface area (Å²) in [6.45, 7) is 0.805. The van der Waals surface area contributed by atoms with Crippen molar-refractivity contribution in [2.45, 2.75) is 11.3 Å². The van der Waals surface area contributed by atoms with Crippen molar-refractivity contribution in [2.24, 2.45) is 0 Å². The van der Waals surface area contributed by atoms with Crippen LogP contribution in [-0.2, 0) is 10.0 Å². The summed E-state index contributed by atoms with van der Waals surface area (Å²) in [7, 11) is -2.16. The zero-order chi connectivity index (χ0) is 20.6. The third kappa shape index (κ3) is 3.62. The van der Waals surface area contributed by atoms with Gasteiger partial charge in [0.05, 0.1) is 4.90 Å². The van der Waals surface area contributed by atoms with E-state index in [1.807, 2.05) is 24.4 Å². The van der Waals surface area contributed by atoms with Gasteiger partial charge in [0, 0.05) is 42.0 Å². The Morgan fingerprint density at radius 3 is 2.79 bits per heavy atom. The minimum Gasteiger partial charge on any atom is -0.465 e. The Morgan fingerprint density at radius 2 is 2.10 bits per heavy atom. The molecule has 1 aromatic carbocycles. The van der Waals surface area contributed by atoms with E-state index in [2.05, 4.69) is 14.7 Å². The second-order valence-corrected chi connectivity index (χ2v) is 8.65. The third-order valence-corrected chi connectivity index (χ3v) is 6.52. The first kappa shape index (κ1) is 19.2. The Morgan fingerprint density at radius 1 is 1.28 bits per heavy atom. The van der Waals surface area contributed by atoms with Crippen LogP contribution in [0, 0.1) is 0 Å². The fraction of sp³-hybridized carbons (Fsp3) is 0.200. The molecular weight excluding hydrogens is 392 g/mol. The number of fused-ring (bicyclic) bond motifs is 1. The molecule has 0 fully saturated rings. The van der Waals surface area contributed by atoms with Crippen LogP contribution in [0.5, 0.6) is 0 Å².